The molecule has 1 N–H and O–H groups in total. The van der Waals surface area contributed by atoms with Crippen LogP contribution < -0.4 is 61.0 Å². The molecule has 0 heterocycles. The van der Waals surface area contributed by atoms with Gasteiger partial charge in [-0.1, -0.05) is 0 Å². The molecule has 0 aliphatic heterocycles. The number of hydrogen-bond acceptors (Lipinski definition) is 3. The fourth-order valence-corrected chi connectivity index (χ4v) is 0. The molecule has 0 aliphatic rings. The molecule has 3 nitrogen and oxygen atoms in total. The largest absolute Gasteiger partial charge is 1.00 e. The van der Waals surface area contributed by atoms with Crippen LogP contribution in [-0.2, 0) is 18.6 Å². The van der Waals surface area contributed by atoms with Crippen LogP contribution in [0.2, 0.25) is 0 Å². The Morgan fingerprint density at radius 2 is 1.00 bits per heavy atom. The fraction of sp³-hybridized carbons (Fsp3) is 0. The van der Waals surface area contributed by atoms with Gasteiger partial charge < -0.3 is 66.0 Å². The van der Waals surface area contributed by atoms with Gasteiger partial charge in [0, 0.05) is 18.6 Å². The maximum absolute atomic E-state index is 8.53. The molecular formula is HBBr3O3V-5. The van der Waals surface area contributed by atoms with E-state index in [4.69, 9.17) is 15.1 Å². The van der Waals surface area contributed by atoms with Crippen molar-refractivity contribution >= 4 is 7.32 Å². The van der Waals surface area contributed by atoms with Gasteiger partial charge in [-0.05, 0) is 0 Å². The van der Waals surface area contributed by atoms with E-state index in [0.717, 1.165) is 0 Å². The van der Waals surface area contributed by atoms with E-state index in [1.54, 1.807) is 0 Å². The average Bonchev–Trinajstić information content (AvgIpc) is 0.811. The van der Waals surface area contributed by atoms with E-state index in [1.165, 1.54) is 0 Å². The van der Waals surface area contributed by atoms with Crippen molar-refractivity contribution in [2.24, 2.45) is 0 Å². The minimum atomic E-state index is -2.67. The van der Waals surface area contributed by atoms with Gasteiger partial charge in [0.1, 0.15) is 0 Å². The van der Waals surface area contributed by atoms with E-state index in [-0.39, 0.29) is 69.5 Å². The van der Waals surface area contributed by atoms with Crippen LogP contribution in [0, 0.1) is 0 Å². The minimum Gasteiger partial charge on any atom is -1.00 e. The molecule has 53 valence electrons. The predicted molar refractivity (Wildman–Crippen MR) is 7.97 cm³/mol. The van der Waals surface area contributed by atoms with E-state index < -0.39 is 7.32 Å². The zero-order valence-corrected chi connectivity index (χ0v) is 9.58. The monoisotopic (exact) mass is 348 g/mol. The molecule has 0 bridgehead atoms. The third-order valence-electron chi connectivity index (χ3n) is 0. The fourth-order valence-electron chi connectivity index (χ4n) is 0. The minimum absolute atomic E-state index is 0. The van der Waals surface area contributed by atoms with Gasteiger partial charge in [-0.2, -0.15) is 0 Å². The normalized spacial score (nSPS) is 3.38. The van der Waals surface area contributed by atoms with Crippen LogP contribution in [0.4, 0.5) is 0 Å². The standard InChI is InChI=1S/BHO3.3BrH.V/c2-1(3)4;;;;/h2H;3*1H;/q-2;;;;/p-3. The quantitative estimate of drug-likeness (QED) is 0.441. The van der Waals surface area contributed by atoms with Crippen LogP contribution in [0.1, 0.15) is 0 Å². The first kappa shape index (κ1) is 32.5. The number of rotatable bonds is 0. The zero-order chi connectivity index (χ0) is 3.58. The first-order chi connectivity index (χ1) is 1.73. The summed E-state index contributed by atoms with van der Waals surface area (Å²) in [6.45, 7) is 0. The van der Waals surface area contributed by atoms with Gasteiger partial charge in [0.15, 0.2) is 0 Å². The first-order valence-corrected chi connectivity index (χ1v) is 0.730. The van der Waals surface area contributed by atoms with Crippen molar-refractivity contribution in [3.63, 3.8) is 0 Å². The van der Waals surface area contributed by atoms with Crippen molar-refractivity contribution in [2.75, 3.05) is 0 Å². The molecule has 8 heavy (non-hydrogen) atoms. The van der Waals surface area contributed by atoms with E-state index >= 15 is 0 Å². The molecule has 8 heteroatoms. The van der Waals surface area contributed by atoms with Crippen molar-refractivity contribution in [3.05, 3.63) is 0 Å². The smallest absolute Gasteiger partial charge is 0.0554 e. The molecular weight excluding hydrogens is 349 g/mol. The van der Waals surface area contributed by atoms with Crippen molar-refractivity contribution < 1.29 is 84.6 Å². The molecule has 0 rings (SSSR count). The molecule has 0 saturated carbocycles. The van der Waals surface area contributed by atoms with Crippen molar-refractivity contribution in [3.8, 4) is 0 Å². The zero-order valence-electron chi connectivity index (χ0n) is 3.42. The van der Waals surface area contributed by atoms with Gasteiger partial charge in [-0.25, -0.2) is 0 Å². The summed E-state index contributed by atoms with van der Waals surface area (Å²) >= 11 is 0. The summed E-state index contributed by atoms with van der Waals surface area (Å²) in [5.74, 6) is 0. The molecule has 0 amide bonds. The van der Waals surface area contributed by atoms with E-state index in [0.29, 0.717) is 0 Å². The van der Waals surface area contributed by atoms with Gasteiger partial charge in [0.05, 0.1) is 7.32 Å². The molecule has 1 radical (unpaired) electrons. The number of hydrogen-bond donors (Lipinski definition) is 1. The average molecular weight is 350 g/mol. The summed E-state index contributed by atoms with van der Waals surface area (Å²) in [6, 6.07) is 0. The second-order valence-corrected chi connectivity index (χ2v) is 0.307. The Labute approximate surface area is 91.2 Å². The van der Waals surface area contributed by atoms with E-state index in [2.05, 4.69) is 0 Å². The predicted octanol–water partition coefficient (Wildman–Crippen LogP) is -12.3. The third kappa shape index (κ3) is 99.8. The topological polar surface area (TPSA) is 66.3 Å². The van der Waals surface area contributed by atoms with E-state index in [1.807, 2.05) is 0 Å². The van der Waals surface area contributed by atoms with Gasteiger partial charge in [0.25, 0.3) is 0 Å². The maximum atomic E-state index is 8.53. The van der Waals surface area contributed by atoms with Crippen molar-refractivity contribution in [2.45, 2.75) is 0 Å². The summed E-state index contributed by atoms with van der Waals surface area (Å²) in [7, 11) is -2.67. The molecule has 0 atom stereocenters. The second kappa shape index (κ2) is 23.1. The molecule has 0 unspecified atom stereocenters. The van der Waals surface area contributed by atoms with Gasteiger partial charge in [-0.15, -0.1) is 0 Å². The Kier molecular flexibility index (Phi) is 93.6. The summed E-state index contributed by atoms with van der Waals surface area (Å²) < 4.78 is 0. The number of halogens is 3. The Hall–Kier alpha value is 1.97. The van der Waals surface area contributed by atoms with Crippen molar-refractivity contribution in [1.82, 2.24) is 0 Å². The van der Waals surface area contributed by atoms with Gasteiger partial charge in [0.2, 0.25) is 0 Å². The SMILES string of the molecule is [Br-].[Br-].[Br-].[O-]B([O-])O.[V]. The Bertz CT molecular complexity index is 19.2. The molecule has 0 aromatic carbocycles. The third-order valence-corrected chi connectivity index (χ3v) is 0. The molecule has 0 aliphatic carbocycles. The van der Waals surface area contributed by atoms with Crippen molar-refractivity contribution in [1.29, 1.82) is 0 Å². The molecule has 0 aromatic rings. The maximum Gasteiger partial charge on any atom is 0.0554 e. The summed E-state index contributed by atoms with van der Waals surface area (Å²) in [4.78, 5) is 0. The van der Waals surface area contributed by atoms with Gasteiger partial charge in [-0.3, -0.25) is 0 Å². The second-order valence-electron chi connectivity index (χ2n) is 0.307. The Morgan fingerprint density at radius 1 is 1.00 bits per heavy atom. The van der Waals surface area contributed by atoms with Crippen LogP contribution >= 0.6 is 0 Å². The Balaban J connectivity index is -0.00000000750. The van der Waals surface area contributed by atoms with Crippen LogP contribution in [0.3, 0.4) is 0 Å². The molecule has 0 aromatic heterocycles. The van der Waals surface area contributed by atoms with Crippen LogP contribution in [0.25, 0.3) is 0 Å². The van der Waals surface area contributed by atoms with Gasteiger partial charge >= 0.3 is 0 Å². The van der Waals surface area contributed by atoms with E-state index in [9.17, 15) is 0 Å². The summed E-state index contributed by atoms with van der Waals surface area (Å²) in [5, 5.41) is 24.0. The summed E-state index contributed by atoms with van der Waals surface area (Å²) in [5.41, 5.74) is 0. The molecule has 0 spiro atoms. The van der Waals surface area contributed by atoms with Crippen LogP contribution in [0.15, 0.2) is 0 Å². The Morgan fingerprint density at radius 3 is 1.00 bits per heavy atom. The van der Waals surface area contributed by atoms with Crippen LogP contribution in [0.5, 0.6) is 0 Å². The molecule has 0 fully saturated rings. The molecule has 0 saturated heterocycles. The first-order valence-electron chi connectivity index (χ1n) is 0.730. The van der Waals surface area contributed by atoms with Crippen LogP contribution in [-0.4, -0.2) is 12.3 Å². The summed E-state index contributed by atoms with van der Waals surface area (Å²) in [6.07, 6.45) is 0.